The summed E-state index contributed by atoms with van der Waals surface area (Å²) in [6.45, 7) is 5.15. The van der Waals surface area contributed by atoms with Crippen molar-refractivity contribution >= 4 is 11.8 Å². The highest BCUT2D eigenvalue weighted by molar-refractivity contribution is 6.00. The van der Waals surface area contributed by atoms with Crippen LogP contribution in [0.4, 0.5) is 0 Å². The lowest BCUT2D eigenvalue weighted by Crippen LogP contribution is -2.36. The standard InChI is InChI=1S/C10H16O4/c1-5-6-7(11)9(2)10(3,14-9)8(12)13-4/h5-6H2,1-4H3/t9-,10+/m1/s1. The molecule has 0 amide bonds. The molecule has 0 bridgehead atoms. The number of epoxide rings is 1. The van der Waals surface area contributed by atoms with Gasteiger partial charge in [0.25, 0.3) is 0 Å². The third-order valence-electron chi connectivity index (χ3n) is 2.86. The number of rotatable bonds is 4. The molecule has 0 radical (unpaired) electrons. The number of ketones is 1. The number of Topliss-reactive ketones (excluding diaryl/α,β-unsaturated/α-hetero) is 1. The minimum absolute atomic E-state index is 0.0344. The van der Waals surface area contributed by atoms with Crippen molar-refractivity contribution in [1.82, 2.24) is 0 Å². The first-order chi connectivity index (χ1) is 6.42. The molecule has 1 saturated heterocycles. The second-order valence-electron chi connectivity index (χ2n) is 3.83. The first kappa shape index (κ1) is 11.2. The summed E-state index contributed by atoms with van der Waals surface area (Å²) in [6, 6.07) is 0. The van der Waals surface area contributed by atoms with Gasteiger partial charge in [-0.3, -0.25) is 4.79 Å². The highest BCUT2D eigenvalue weighted by Crippen LogP contribution is 2.49. The minimum Gasteiger partial charge on any atom is -0.467 e. The Kier molecular flexibility index (Phi) is 2.67. The molecule has 0 saturated carbocycles. The van der Waals surface area contributed by atoms with Gasteiger partial charge in [0.15, 0.2) is 17.0 Å². The van der Waals surface area contributed by atoms with Crippen molar-refractivity contribution in [3.8, 4) is 0 Å². The molecule has 0 aromatic rings. The van der Waals surface area contributed by atoms with E-state index in [1.165, 1.54) is 7.11 Å². The van der Waals surface area contributed by atoms with Crippen molar-refractivity contribution in [1.29, 1.82) is 0 Å². The van der Waals surface area contributed by atoms with Gasteiger partial charge >= 0.3 is 5.97 Å². The zero-order valence-corrected chi connectivity index (χ0v) is 9.05. The van der Waals surface area contributed by atoms with Gasteiger partial charge in [-0.05, 0) is 20.3 Å². The summed E-state index contributed by atoms with van der Waals surface area (Å²) in [6.07, 6.45) is 1.19. The maximum Gasteiger partial charge on any atom is 0.341 e. The van der Waals surface area contributed by atoms with E-state index < -0.39 is 17.2 Å². The number of carbonyl (C=O) groups excluding carboxylic acids is 2. The van der Waals surface area contributed by atoms with E-state index in [1.807, 2.05) is 6.92 Å². The zero-order valence-electron chi connectivity index (χ0n) is 9.05. The van der Waals surface area contributed by atoms with Gasteiger partial charge in [0.05, 0.1) is 7.11 Å². The smallest absolute Gasteiger partial charge is 0.341 e. The van der Waals surface area contributed by atoms with E-state index in [1.54, 1.807) is 13.8 Å². The monoisotopic (exact) mass is 200 g/mol. The van der Waals surface area contributed by atoms with E-state index >= 15 is 0 Å². The maximum atomic E-state index is 11.6. The lowest BCUT2D eigenvalue weighted by atomic mass is 9.90. The van der Waals surface area contributed by atoms with Crippen molar-refractivity contribution in [2.75, 3.05) is 7.11 Å². The SMILES string of the molecule is CCCC(=O)[C@@]1(C)O[C@@]1(C)C(=O)OC. The first-order valence-electron chi connectivity index (χ1n) is 4.74. The van der Waals surface area contributed by atoms with E-state index in [-0.39, 0.29) is 5.78 Å². The molecular weight excluding hydrogens is 184 g/mol. The molecule has 4 heteroatoms. The number of ether oxygens (including phenoxy) is 2. The van der Waals surface area contributed by atoms with Gasteiger partial charge in [0.2, 0.25) is 0 Å². The van der Waals surface area contributed by atoms with Crippen molar-refractivity contribution in [2.24, 2.45) is 0 Å². The lowest BCUT2D eigenvalue weighted by Gasteiger charge is -2.08. The number of methoxy groups -OCH3 is 1. The summed E-state index contributed by atoms with van der Waals surface area (Å²) in [4.78, 5) is 23.0. The zero-order chi connectivity index (χ0) is 11.0. The van der Waals surface area contributed by atoms with E-state index in [9.17, 15) is 9.59 Å². The van der Waals surface area contributed by atoms with Crippen molar-refractivity contribution in [3.63, 3.8) is 0 Å². The molecule has 14 heavy (non-hydrogen) atoms. The van der Waals surface area contributed by atoms with E-state index in [0.29, 0.717) is 6.42 Å². The van der Waals surface area contributed by atoms with Crippen LogP contribution in [0.25, 0.3) is 0 Å². The van der Waals surface area contributed by atoms with Gasteiger partial charge < -0.3 is 9.47 Å². The Labute approximate surface area is 83.6 Å². The molecule has 0 N–H and O–H groups in total. The van der Waals surface area contributed by atoms with Crippen LogP contribution in [0, 0.1) is 0 Å². The molecule has 4 nitrogen and oxygen atoms in total. The van der Waals surface area contributed by atoms with Crippen LogP contribution in [0.15, 0.2) is 0 Å². The van der Waals surface area contributed by atoms with Crippen LogP contribution >= 0.6 is 0 Å². The van der Waals surface area contributed by atoms with Crippen molar-refractivity contribution < 1.29 is 19.1 Å². The summed E-state index contributed by atoms with van der Waals surface area (Å²) in [5, 5.41) is 0. The average Bonchev–Trinajstić information content (AvgIpc) is 2.72. The van der Waals surface area contributed by atoms with Crippen LogP contribution in [0.2, 0.25) is 0 Å². The van der Waals surface area contributed by atoms with Crippen LogP contribution < -0.4 is 0 Å². The van der Waals surface area contributed by atoms with Gasteiger partial charge in [0.1, 0.15) is 0 Å². The highest BCUT2D eigenvalue weighted by atomic mass is 16.7. The Morgan fingerprint density at radius 2 is 1.86 bits per heavy atom. The second kappa shape index (κ2) is 3.35. The quantitative estimate of drug-likeness (QED) is 0.503. The molecule has 1 fully saturated rings. The molecule has 80 valence electrons. The normalized spacial score (nSPS) is 35.1. The first-order valence-corrected chi connectivity index (χ1v) is 4.74. The number of esters is 1. The van der Waals surface area contributed by atoms with Gasteiger partial charge in [-0.2, -0.15) is 0 Å². The summed E-state index contributed by atoms with van der Waals surface area (Å²) in [7, 11) is 1.29. The third kappa shape index (κ3) is 1.34. The Hall–Kier alpha value is -0.900. The van der Waals surface area contributed by atoms with Crippen molar-refractivity contribution in [2.45, 2.75) is 44.8 Å². The Morgan fingerprint density at radius 1 is 1.29 bits per heavy atom. The molecule has 0 aromatic carbocycles. The molecule has 0 unspecified atom stereocenters. The predicted octanol–water partition coefficient (Wildman–Crippen LogP) is 1.08. The summed E-state index contributed by atoms with van der Waals surface area (Å²) in [5.74, 6) is -0.516. The Morgan fingerprint density at radius 3 is 2.29 bits per heavy atom. The van der Waals surface area contributed by atoms with Gasteiger partial charge in [-0.15, -0.1) is 0 Å². The summed E-state index contributed by atoms with van der Waals surface area (Å²) in [5.41, 5.74) is -2.05. The molecule has 0 spiro atoms. The fraction of sp³-hybridized carbons (Fsp3) is 0.800. The van der Waals surface area contributed by atoms with Gasteiger partial charge in [-0.25, -0.2) is 4.79 Å². The average molecular weight is 200 g/mol. The largest absolute Gasteiger partial charge is 0.467 e. The minimum atomic E-state index is -1.08. The summed E-state index contributed by atoms with van der Waals surface area (Å²) < 4.78 is 9.82. The topological polar surface area (TPSA) is 55.9 Å². The van der Waals surface area contributed by atoms with E-state index in [4.69, 9.17) is 4.74 Å². The third-order valence-corrected chi connectivity index (χ3v) is 2.86. The number of hydrogen-bond donors (Lipinski definition) is 0. The van der Waals surface area contributed by atoms with Crippen LogP contribution in [0.5, 0.6) is 0 Å². The molecule has 1 rings (SSSR count). The second-order valence-corrected chi connectivity index (χ2v) is 3.83. The number of hydrogen-bond acceptors (Lipinski definition) is 4. The Balaban J connectivity index is 2.74. The van der Waals surface area contributed by atoms with Gasteiger partial charge in [-0.1, -0.05) is 6.92 Å². The fourth-order valence-electron chi connectivity index (χ4n) is 1.60. The number of carbonyl (C=O) groups is 2. The van der Waals surface area contributed by atoms with Gasteiger partial charge in [0, 0.05) is 6.42 Å². The lowest BCUT2D eigenvalue weighted by molar-refractivity contribution is -0.146. The van der Waals surface area contributed by atoms with Crippen LogP contribution in [-0.2, 0) is 19.1 Å². The maximum absolute atomic E-state index is 11.6. The Bertz CT molecular complexity index is 273. The van der Waals surface area contributed by atoms with Crippen LogP contribution in [-0.4, -0.2) is 30.1 Å². The van der Waals surface area contributed by atoms with Crippen LogP contribution in [0.1, 0.15) is 33.6 Å². The molecule has 1 aliphatic rings. The van der Waals surface area contributed by atoms with E-state index in [2.05, 4.69) is 4.74 Å². The van der Waals surface area contributed by atoms with E-state index in [0.717, 1.165) is 6.42 Å². The molecule has 1 aliphatic heterocycles. The molecule has 0 aromatic heterocycles. The summed E-state index contributed by atoms with van der Waals surface area (Å²) >= 11 is 0. The molecule has 2 atom stereocenters. The molecular formula is C10H16O4. The predicted molar refractivity (Wildman–Crippen MR) is 49.8 cm³/mol. The van der Waals surface area contributed by atoms with Crippen LogP contribution in [0.3, 0.4) is 0 Å². The molecule has 1 heterocycles. The van der Waals surface area contributed by atoms with Crippen molar-refractivity contribution in [3.05, 3.63) is 0 Å². The highest BCUT2D eigenvalue weighted by Gasteiger charge is 2.73. The molecule has 0 aliphatic carbocycles. The fourth-order valence-corrected chi connectivity index (χ4v) is 1.60.